The van der Waals surface area contributed by atoms with Crippen LogP contribution in [-0.4, -0.2) is 64.3 Å². The molecule has 1 aliphatic rings. The summed E-state index contributed by atoms with van der Waals surface area (Å²) in [5.41, 5.74) is 0.531. The molecule has 1 saturated heterocycles. The summed E-state index contributed by atoms with van der Waals surface area (Å²) in [7, 11) is 4.76. The van der Waals surface area contributed by atoms with E-state index in [1.807, 2.05) is 0 Å². The number of ether oxygens (including phenoxy) is 3. The van der Waals surface area contributed by atoms with Crippen molar-refractivity contribution in [3.8, 4) is 11.5 Å². The number of nitrogens with one attached hydrogen (secondary N) is 1. The number of piperidine rings is 1. The summed E-state index contributed by atoms with van der Waals surface area (Å²) in [6, 6.07) is 5.15. The molecule has 1 aliphatic heterocycles. The highest BCUT2D eigenvalue weighted by Crippen LogP contribution is 2.25. The molecule has 0 bridgehead atoms. The van der Waals surface area contributed by atoms with E-state index in [0.29, 0.717) is 56.1 Å². The van der Waals surface area contributed by atoms with Gasteiger partial charge in [0.2, 0.25) is 5.91 Å². The van der Waals surface area contributed by atoms with Gasteiger partial charge in [0.25, 0.3) is 5.91 Å². The van der Waals surface area contributed by atoms with Crippen molar-refractivity contribution >= 4 is 11.8 Å². The van der Waals surface area contributed by atoms with Crippen LogP contribution in [0.3, 0.4) is 0 Å². The molecule has 1 aromatic carbocycles. The Morgan fingerprint density at radius 2 is 1.69 bits per heavy atom. The van der Waals surface area contributed by atoms with E-state index in [2.05, 4.69) is 5.32 Å². The minimum Gasteiger partial charge on any atom is -0.497 e. The van der Waals surface area contributed by atoms with E-state index in [4.69, 9.17) is 14.2 Å². The second-order valence-corrected chi connectivity index (χ2v) is 6.31. The molecule has 1 heterocycles. The fourth-order valence-electron chi connectivity index (χ4n) is 3.03. The Bertz CT molecular complexity index is 590. The average Bonchev–Trinajstić information content (AvgIpc) is 2.70. The van der Waals surface area contributed by atoms with E-state index < -0.39 is 0 Å². The van der Waals surface area contributed by atoms with Crippen molar-refractivity contribution in [3.05, 3.63) is 23.8 Å². The Balaban J connectivity index is 1.89. The van der Waals surface area contributed by atoms with Crippen molar-refractivity contribution in [2.75, 3.05) is 47.6 Å². The molecule has 0 spiro atoms. The van der Waals surface area contributed by atoms with Gasteiger partial charge in [0.05, 0.1) is 14.2 Å². The summed E-state index contributed by atoms with van der Waals surface area (Å²) in [6.07, 6.45) is 2.14. The maximum absolute atomic E-state index is 12.8. The molecule has 0 unspecified atom stereocenters. The molecule has 1 fully saturated rings. The predicted molar refractivity (Wildman–Crippen MR) is 97.7 cm³/mol. The molecule has 144 valence electrons. The van der Waals surface area contributed by atoms with Crippen LogP contribution in [0, 0.1) is 5.92 Å². The Morgan fingerprint density at radius 1 is 1.08 bits per heavy atom. The van der Waals surface area contributed by atoms with Gasteiger partial charge in [0, 0.05) is 50.9 Å². The van der Waals surface area contributed by atoms with Gasteiger partial charge in [-0.1, -0.05) is 0 Å². The highest BCUT2D eigenvalue weighted by atomic mass is 16.5. The fraction of sp³-hybridized carbons (Fsp3) is 0.579. The van der Waals surface area contributed by atoms with Crippen LogP contribution in [0.1, 0.15) is 29.6 Å². The van der Waals surface area contributed by atoms with Crippen molar-refractivity contribution in [1.29, 1.82) is 0 Å². The number of carbonyl (C=O) groups excluding carboxylic acids is 2. The van der Waals surface area contributed by atoms with Crippen molar-refractivity contribution in [2.45, 2.75) is 19.3 Å². The van der Waals surface area contributed by atoms with E-state index in [1.165, 1.54) is 0 Å². The molecule has 7 nitrogen and oxygen atoms in total. The quantitative estimate of drug-likeness (QED) is 0.711. The van der Waals surface area contributed by atoms with Gasteiger partial charge in [-0.15, -0.1) is 0 Å². The number of methoxy groups -OCH3 is 3. The minimum atomic E-state index is -0.0684. The summed E-state index contributed by atoms with van der Waals surface area (Å²) in [5, 5.41) is 2.94. The van der Waals surface area contributed by atoms with Crippen LogP contribution in [0.5, 0.6) is 11.5 Å². The lowest BCUT2D eigenvalue weighted by Crippen LogP contribution is -2.43. The maximum Gasteiger partial charge on any atom is 0.254 e. The monoisotopic (exact) mass is 364 g/mol. The topological polar surface area (TPSA) is 77.1 Å². The highest BCUT2D eigenvalue weighted by Gasteiger charge is 2.28. The summed E-state index contributed by atoms with van der Waals surface area (Å²) in [6.45, 7) is 2.38. The van der Waals surface area contributed by atoms with Gasteiger partial charge < -0.3 is 24.4 Å². The molecule has 0 aromatic heterocycles. The SMILES string of the molecule is COCCCNC(=O)C1CCN(C(=O)c2cc(OC)cc(OC)c2)CC1. The standard InChI is InChI=1S/C19H28N2O5/c1-24-10-4-7-20-18(22)14-5-8-21(9-6-14)19(23)15-11-16(25-2)13-17(12-15)26-3/h11-14H,4-10H2,1-3H3,(H,20,22). The lowest BCUT2D eigenvalue weighted by atomic mass is 9.95. The van der Waals surface area contributed by atoms with Gasteiger partial charge in [0.15, 0.2) is 0 Å². The number of rotatable bonds is 8. The fourth-order valence-corrected chi connectivity index (χ4v) is 3.03. The first-order chi connectivity index (χ1) is 12.6. The zero-order valence-corrected chi connectivity index (χ0v) is 15.7. The first-order valence-electron chi connectivity index (χ1n) is 8.88. The molecule has 0 atom stereocenters. The summed E-state index contributed by atoms with van der Waals surface area (Å²) in [4.78, 5) is 26.7. The van der Waals surface area contributed by atoms with Gasteiger partial charge in [0.1, 0.15) is 11.5 Å². The van der Waals surface area contributed by atoms with Crippen LogP contribution in [-0.2, 0) is 9.53 Å². The zero-order chi connectivity index (χ0) is 18.9. The molecule has 26 heavy (non-hydrogen) atoms. The van der Waals surface area contributed by atoms with Gasteiger partial charge in [-0.05, 0) is 31.4 Å². The maximum atomic E-state index is 12.8. The van der Waals surface area contributed by atoms with Gasteiger partial charge in [-0.25, -0.2) is 0 Å². The van der Waals surface area contributed by atoms with E-state index in [1.54, 1.807) is 44.4 Å². The number of likely N-dealkylation sites (tertiary alicyclic amines) is 1. The smallest absolute Gasteiger partial charge is 0.254 e. The molecule has 1 aromatic rings. The molecule has 2 rings (SSSR count). The third kappa shape index (κ3) is 5.36. The van der Waals surface area contributed by atoms with Crippen LogP contribution in [0.15, 0.2) is 18.2 Å². The van der Waals surface area contributed by atoms with E-state index in [-0.39, 0.29) is 17.7 Å². The third-order valence-corrected chi connectivity index (χ3v) is 4.58. The number of nitrogens with zero attached hydrogens (tertiary/aromatic N) is 1. The van der Waals surface area contributed by atoms with Crippen LogP contribution in [0.4, 0.5) is 0 Å². The van der Waals surface area contributed by atoms with Crippen molar-refractivity contribution in [1.82, 2.24) is 10.2 Å². The summed E-state index contributed by atoms with van der Waals surface area (Å²) < 4.78 is 15.4. The van der Waals surface area contributed by atoms with Crippen molar-refractivity contribution in [3.63, 3.8) is 0 Å². The second kappa shape index (κ2) is 10.0. The Hall–Kier alpha value is -2.28. The van der Waals surface area contributed by atoms with E-state index in [9.17, 15) is 9.59 Å². The Kier molecular flexibility index (Phi) is 7.72. The number of hydrogen-bond acceptors (Lipinski definition) is 5. The molecule has 7 heteroatoms. The van der Waals surface area contributed by atoms with Gasteiger partial charge in [-0.2, -0.15) is 0 Å². The predicted octanol–water partition coefficient (Wildman–Crippen LogP) is 1.71. The Morgan fingerprint density at radius 3 is 2.23 bits per heavy atom. The summed E-state index contributed by atoms with van der Waals surface area (Å²) >= 11 is 0. The molecule has 0 radical (unpaired) electrons. The third-order valence-electron chi connectivity index (χ3n) is 4.58. The number of carbonyl (C=O) groups is 2. The largest absolute Gasteiger partial charge is 0.497 e. The van der Waals surface area contributed by atoms with Gasteiger partial charge in [-0.3, -0.25) is 9.59 Å². The van der Waals surface area contributed by atoms with Crippen LogP contribution >= 0.6 is 0 Å². The lowest BCUT2D eigenvalue weighted by Gasteiger charge is -2.31. The number of amides is 2. The molecular formula is C19H28N2O5. The van der Waals surface area contributed by atoms with Crippen LogP contribution in [0.25, 0.3) is 0 Å². The van der Waals surface area contributed by atoms with Crippen LogP contribution in [0.2, 0.25) is 0 Å². The second-order valence-electron chi connectivity index (χ2n) is 6.31. The normalized spacial score (nSPS) is 14.8. The summed E-state index contributed by atoms with van der Waals surface area (Å²) in [5.74, 6) is 1.12. The zero-order valence-electron chi connectivity index (χ0n) is 15.7. The molecule has 0 saturated carbocycles. The average molecular weight is 364 g/mol. The van der Waals surface area contributed by atoms with Crippen molar-refractivity contribution in [2.24, 2.45) is 5.92 Å². The minimum absolute atomic E-state index is 0.0403. The number of benzene rings is 1. The van der Waals surface area contributed by atoms with Gasteiger partial charge >= 0.3 is 0 Å². The molecule has 0 aliphatic carbocycles. The van der Waals surface area contributed by atoms with E-state index in [0.717, 1.165) is 6.42 Å². The first-order valence-corrected chi connectivity index (χ1v) is 8.88. The first kappa shape index (κ1) is 20.0. The molecule has 2 amide bonds. The molecular weight excluding hydrogens is 336 g/mol. The van der Waals surface area contributed by atoms with E-state index >= 15 is 0 Å². The number of hydrogen-bond donors (Lipinski definition) is 1. The highest BCUT2D eigenvalue weighted by molar-refractivity contribution is 5.95. The van der Waals surface area contributed by atoms with Crippen molar-refractivity contribution < 1.29 is 23.8 Å². The van der Waals surface area contributed by atoms with Crippen LogP contribution < -0.4 is 14.8 Å². The molecule has 1 N–H and O–H groups in total. The lowest BCUT2D eigenvalue weighted by molar-refractivity contribution is -0.126. The Labute approximate surface area is 154 Å².